The van der Waals surface area contributed by atoms with Crippen LogP contribution in [0.3, 0.4) is 0 Å². The van der Waals surface area contributed by atoms with Crippen molar-refractivity contribution in [2.45, 2.75) is 0 Å². The van der Waals surface area contributed by atoms with Gasteiger partial charge in [-0.15, -0.1) is 11.3 Å². The Bertz CT molecular complexity index is 601. The van der Waals surface area contributed by atoms with Crippen LogP contribution < -0.4 is 4.74 Å². The Kier molecular flexibility index (Phi) is 3.43. The van der Waals surface area contributed by atoms with E-state index in [2.05, 4.69) is 0 Å². The molecule has 5 heteroatoms. The smallest absolute Gasteiger partial charge is 0.335 e. The topological polar surface area (TPSA) is 63.6 Å². The fourth-order valence-corrected chi connectivity index (χ4v) is 2.33. The summed E-state index contributed by atoms with van der Waals surface area (Å²) >= 11 is 1.33. The Balaban J connectivity index is 2.50. The maximum absolute atomic E-state index is 10.9. The maximum Gasteiger partial charge on any atom is 0.335 e. The highest BCUT2D eigenvalue weighted by molar-refractivity contribution is 7.12. The SMILES string of the molecule is COc1cc(C(=O)O)ccc1-c1csc(C=O)c1. The molecule has 0 bridgehead atoms. The number of carbonyl (C=O) groups is 2. The molecule has 1 N–H and O–H groups in total. The summed E-state index contributed by atoms with van der Waals surface area (Å²) < 4.78 is 5.19. The number of hydrogen-bond donors (Lipinski definition) is 1. The summed E-state index contributed by atoms with van der Waals surface area (Å²) in [6.07, 6.45) is 0.784. The second-order valence-corrected chi connectivity index (χ2v) is 4.52. The third-order valence-corrected chi connectivity index (χ3v) is 3.35. The van der Waals surface area contributed by atoms with E-state index in [1.165, 1.54) is 30.6 Å². The monoisotopic (exact) mass is 262 g/mol. The van der Waals surface area contributed by atoms with E-state index in [0.29, 0.717) is 10.6 Å². The van der Waals surface area contributed by atoms with Crippen LogP contribution >= 0.6 is 11.3 Å². The third-order valence-electron chi connectivity index (χ3n) is 2.50. The van der Waals surface area contributed by atoms with Crippen LogP contribution in [0.15, 0.2) is 29.6 Å². The molecule has 1 aromatic carbocycles. The van der Waals surface area contributed by atoms with Crippen molar-refractivity contribution >= 4 is 23.6 Å². The van der Waals surface area contributed by atoms with Gasteiger partial charge >= 0.3 is 5.97 Å². The van der Waals surface area contributed by atoms with Crippen molar-refractivity contribution in [2.24, 2.45) is 0 Å². The number of rotatable bonds is 4. The second-order valence-electron chi connectivity index (χ2n) is 3.58. The molecular formula is C13H10O4S. The highest BCUT2D eigenvalue weighted by atomic mass is 32.1. The molecule has 0 amide bonds. The van der Waals surface area contributed by atoms with Crippen molar-refractivity contribution in [1.82, 2.24) is 0 Å². The number of benzene rings is 1. The van der Waals surface area contributed by atoms with Crippen LogP contribution in [-0.2, 0) is 0 Å². The first kappa shape index (κ1) is 12.3. The molecule has 92 valence electrons. The molecule has 0 atom stereocenters. The van der Waals surface area contributed by atoms with Crippen molar-refractivity contribution in [3.05, 3.63) is 40.1 Å². The van der Waals surface area contributed by atoms with Crippen molar-refractivity contribution in [2.75, 3.05) is 7.11 Å². The van der Waals surface area contributed by atoms with Crippen LogP contribution in [0, 0.1) is 0 Å². The van der Waals surface area contributed by atoms with Gasteiger partial charge in [0.2, 0.25) is 0 Å². The molecule has 0 fully saturated rings. The summed E-state index contributed by atoms with van der Waals surface area (Å²) in [6.45, 7) is 0. The Morgan fingerprint density at radius 1 is 1.39 bits per heavy atom. The predicted octanol–water partition coefficient (Wildman–Crippen LogP) is 2.93. The number of carboxylic acids is 1. The molecule has 0 unspecified atom stereocenters. The third kappa shape index (κ3) is 2.26. The van der Waals surface area contributed by atoms with Gasteiger partial charge in [0.15, 0.2) is 6.29 Å². The zero-order valence-corrected chi connectivity index (χ0v) is 10.4. The van der Waals surface area contributed by atoms with E-state index in [9.17, 15) is 9.59 Å². The first-order chi connectivity index (χ1) is 8.65. The van der Waals surface area contributed by atoms with E-state index in [1.807, 2.05) is 5.38 Å². The highest BCUT2D eigenvalue weighted by Gasteiger charge is 2.11. The lowest BCUT2D eigenvalue weighted by molar-refractivity contribution is 0.0696. The van der Waals surface area contributed by atoms with E-state index in [-0.39, 0.29) is 5.56 Å². The average molecular weight is 262 g/mol. The van der Waals surface area contributed by atoms with Crippen LogP contribution in [-0.4, -0.2) is 24.5 Å². The number of methoxy groups -OCH3 is 1. The van der Waals surface area contributed by atoms with Crippen LogP contribution in [0.4, 0.5) is 0 Å². The molecule has 2 aromatic rings. The van der Waals surface area contributed by atoms with Gasteiger partial charge < -0.3 is 9.84 Å². The van der Waals surface area contributed by atoms with Crippen LogP contribution in [0.5, 0.6) is 5.75 Å². The largest absolute Gasteiger partial charge is 0.496 e. The van der Waals surface area contributed by atoms with E-state index >= 15 is 0 Å². The molecule has 0 spiro atoms. The van der Waals surface area contributed by atoms with Crippen LogP contribution in [0.1, 0.15) is 20.0 Å². The van der Waals surface area contributed by atoms with Crippen molar-refractivity contribution in [3.8, 4) is 16.9 Å². The number of carbonyl (C=O) groups excluding carboxylic acids is 1. The van der Waals surface area contributed by atoms with Gasteiger partial charge in [0.05, 0.1) is 17.6 Å². The summed E-state index contributed by atoms with van der Waals surface area (Å²) in [6, 6.07) is 6.41. The van der Waals surface area contributed by atoms with Crippen molar-refractivity contribution in [3.63, 3.8) is 0 Å². The molecular weight excluding hydrogens is 252 g/mol. The van der Waals surface area contributed by atoms with E-state index in [1.54, 1.807) is 12.1 Å². The summed E-state index contributed by atoms with van der Waals surface area (Å²) in [5.41, 5.74) is 1.78. The number of hydrogen-bond acceptors (Lipinski definition) is 4. The molecule has 18 heavy (non-hydrogen) atoms. The minimum atomic E-state index is -1.00. The average Bonchev–Trinajstić information content (AvgIpc) is 2.86. The van der Waals surface area contributed by atoms with Crippen LogP contribution in [0.25, 0.3) is 11.1 Å². The standard InChI is InChI=1S/C13H10O4S/c1-17-12-5-8(13(15)16)2-3-11(12)9-4-10(6-14)18-7-9/h2-7H,1H3,(H,15,16). The molecule has 0 aliphatic rings. The minimum Gasteiger partial charge on any atom is -0.496 e. The summed E-state index contributed by atoms with van der Waals surface area (Å²) in [7, 11) is 1.48. The van der Waals surface area contributed by atoms with Gasteiger partial charge in [-0.25, -0.2) is 4.79 Å². The van der Waals surface area contributed by atoms with Gasteiger partial charge in [-0.3, -0.25) is 4.79 Å². The molecule has 0 radical (unpaired) electrons. The summed E-state index contributed by atoms with van der Waals surface area (Å²) in [4.78, 5) is 22.1. The number of aldehydes is 1. The number of ether oxygens (including phenoxy) is 1. The van der Waals surface area contributed by atoms with E-state index in [4.69, 9.17) is 9.84 Å². The minimum absolute atomic E-state index is 0.168. The Hall–Kier alpha value is -2.14. The molecule has 0 saturated carbocycles. The first-order valence-corrected chi connectivity index (χ1v) is 5.99. The lowest BCUT2D eigenvalue weighted by Gasteiger charge is -2.07. The lowest BCUT2D eigenvalue weighted by atomic mass is 10.0. The summed E-state index contributed by atoms with van der Waals surface area (Å²) in [5, 5.41) is 10.7. The highest BCUT2D eigenvalue weighted by Crippen LogP contribution is 2.33. The second kappa shape index (κ2) is 5.01. The molecule has 4 nitrogen and oxygen atoms in total. The van der Waals surface area contributed by atoms with Gasteiger partial charge in [-0.1, -0.05) is 0 Å². The van der Waals surface area contributed by atoms with Crippen molar-refractivity contribution in [1.29, 1.82) is 0 Å². The maximum atomic E-state index is 10.9. The Morgan fingerprint density at radius 3 is 2.72 bits per heavy atom. The zero-order chi connectivity index (χ0) is 13.1. The Morgan fingerprint density at radius 2 is 2.17 bits per heavy atom. The molecule has 0 aliphatic carbocycles. The van der Waals surface area contributed by atoms with Crippen molar-refractivity contribution < 1.29 is 19.4 Å². The number of carboxylic acid groups (broad SMARTS) is 1. The number of thiophene rings is 1. The summed E-state index contributed by atoms with van der Waals surface area (Å²) in [5.74, 6) is -0.524. The molecule has 1 aromatic heterocycles. The Labute approximate surface area is 107 Å². The zero-order valence-electron chi connectivity index (χ0n) is 9.54. The molecule has 2 rings (SSSR count). The van der Waals surface area contributed by atoms with Crippen LogP contribution in [0.2, 0.25) is 0 Å². The fraction of sp³-hybridized carbons (Fsp3) is 0.0769. The first-order valence-electron chi connectivity index (χ1n) is 5.11. The van der Waals surface area contributed by atoms with Gasteiger partial charge in [-0.2, -0.15) is 0 Å². The van der Waals surface area contributed by atoms with E-state index in [0.717, 1.165) is 17.4 Å². The molecule has 0 aliphatic heterocycles. The molecule has 0 saturated heterocycles. The predicted molar refractivity (Wildman–Crippen MR) is 68.7 cm³/mol. The lowest BCUT2D eigenvalue weighted by Crippen LogP contribution is -1.97. The van der Waals surface area contributed by atoms with E-state index < -0.39 is 5.97 Å². The normalized spacial score (nSPS) is 10.1. The molecule has 1 heterocycles. The van der Waals surface area contributed by atoms with Gasteiger partial charge in [0, 0.05) is 5.56 Å². The number of aromatic carboxylic acids is 1. The fourth-order valence-electron chi connectivity index (χ4n) is 1.62. The van der Waals surface area contributed by atoms with Gasteiger partial charge in [-0.05, 0) is 35.2 Å². The van der Waals surface area contributed by atoms with Gasteiger partial charge in [0.1, 0.15) is 5.75 Å². The quantitative estimate of drug-likeness (QED) is 0.860. The van der Waals surface area contributed by atoms with Gasteiger partial charge in [0.25, 0.3) is 0 Å².